The van der Waals surface area contributed by atoms with Crippen molar-refractivity contribution in [1.29, 1.82) is 0 Å². The highest BCUT2D eigenvalue weighted by Gasteiger charge is 2.03. The van der Waals surface area contributed by atoms with Gasteiger partial charge in [-0.05, 0) is 0 Å². The molecule has 0 saturated carbocycles. The van der Waals surface area contributed by atoms with Crippen LogP contribution >= 0.6 is 11.3 Å². The predicted octanol–water partition coefficient (Wildman–Crippen LogP) is 0.311. The molecule has 3 N–H and O–H groups in total. The number of nitrogens with zero attached hydrogens (tertiary/aromatic N) is 3. The summed E-state index contributed by atoms with van der Waals surface area (Å²) in [7, 11) is 0. The van der Waals surface area contributed by atoms with Crippen molar-refractivity contribution in [1.82, 2.24) is 20.2 Å². The zero-order valence-electron chi connectivity index (χ0n) is 6.90. The van der Waals surface area contributed by atoms with Gasteiger partial charge in [0.25, 0.3) is 0 Å². The van der Waals surface area contributed by atoms with Crippen molar-refractivity contribution in [2.24, 2.45) is 5.73 Å². The summed E-state index contributed by atoms with van der Waals surface area (Å²) in [4.78, 5) is 8.32. The first-order valence-electron chi connectivity index (χ1n) is 3.87. The van der Waals surface area contributed by atoms with Crippen LogP contribution in [0.3, 0.4) is 0 Å². The fourth-order valence-corrected chi connectivity index (χ4v) is 1.61. The Bertz CT molecular complexity index is 366. The second kappa shape index (κ2) is 3.63. The van der Waals surface area contributed by atoms with E-state index in [-0.39, 0.29) is 0 Å². The molecule has 0 aliphatic heterocycles. The van der Waals surface area contributed by atoms with E-state index < -0.39 is 0 Å². The third kappa shape index (κ3) is 1.90. The van der Waals surface area contributed by atoms with Crippen molar-refractivity contribution >= 4 is 11.3 Å². The lowest BCUT2D eigenvalue weighted by molar-refractivity contribution is 0.916. The molecule has 0 atom stereocenters. The first kappa shape index (κ1) is 8.33. The number of thiazole rings is 1. The van der Waals surface area contributed by atoms with Gasteiger partial charge in [-0.1, -0.05) is 0 Å². The predicted molar refractivity (Wildman–Crippen MR) is 49.2 cm³/mol. The Morgan fingerprint density at radius 3 is 3.08 bits per heavy atom. The van der Waals surface area contributed by atoms with Gasteiger partial charge >= 0.3 is 0 Å². The molecule has 0 radical (unpaired) electrons. The fraction of sp³-hybridized carbons (Fsp3) is 0.286. The van der Waals surface area contributed by atoms with Crippen LogP contribution in [0.25, 0.3) is 0 Å². The maximum absolute atomic E-state index is 5.38. The molecule has 5 nitrogen and oxygen atoms in total. The Balaban J connectivity index is 2.10. The topological polar surface area (TPSA) is 80.5 Å². The van der Waals surface area contributed by atoms with Gasteiger partial charge in [-0.3, -0.25) is 5.10 Å². The monoisotopic (exact) mass is 195 g/mol. The number of H-pyrrole nitrogens is 1. The molecule has 2 rings (SSSR count). The molecule has 0 saturated heterocycles. The van der Waals surface area contributed by atoms with Crippen LogP contribution in [0.1, 0.15) is 16.7 Å². The van der Waals surface area contributed by atoms with Crippen molar-refractivity contribution in [2.75, 3.05) is 0 Å². The van der Waals surface area contributed by atoms with Crippen molar-refractivity contribution in [3.8, 4) is 0 Å². The van der Waals surface area contributed by atoms with Crippen LogP contribution < -0.4 is 5.73 Å². The molecule has 68 valence electrons. The summed E-state index contributed by atoms with van der Waals surface area (Å²) in [5, 5.41) is 9.72. The summed E-state index contributed by atoms with van der Waals surface area (Å²) in [6.45, 7) is 0.369. The Kier molecular flexibility index (Phi) is 2.33. The van der Waals surface area contributed by atoms with Crippen LogP contribution in [-0.2, 0) is 13.0 Å². The average Bonchev–Trinajstić information content (AvgIpc) is 2.76. The maximum atomic E-state index is 5.38. The van der Waals surface area contributed by atoms with Gasteiger partial charge < -0.3 is 5.73 Å². The second-order valence-electron chi connectivity index (χ2n) is 2.51. The molecule has 2 aromatic heterocycles. The number of aromatic amines is 1. The fourth-order valence-electron chi connectivity index (χ4n) is 0.989. The molecule has 0 amide bonds. The molecule has 0 aliphatic carbocycles. The van der Waals surface area contributed by atoms with Gasteiger partial charge in [0.1, 0.15) is 10.8 Å². The lowest BCUT2D eigenvalue weighted by Crippen LogP contribution is -1.98. The van der Waals surface area contributed by atoms with Gasteiger partial charge in [0.2, 0.25) is 0 Å². The lowest BCUT2D eigenvalue weighted by atomic mass is 10.4. The van der Waals surface area contributed by atoms with Crippen molar-refractivity contribution in [3.63, 3.8) is 0 Å². The number of aromatic nitrogens is 4. The van der Waals surface area contributed by atoms with Crippen molar-refractivity contribution in [2.45, 2.75) is 13.0 Å². The number of hydrogen-bond donors (Lipinski definition) is 2. The molecule has 2 heterocycles. The normalized spacial score (nSPS) is 10.5. The molecule has 0 aromatic carbocycles. The van der Waals surface area contributed by atoms with E-state index in [1.54, 1.807) is 17.5 Å². The Morgan fingerprint density at radius 1 is 1.54 bits per heavy atom. The number of hydrogen-bond acceptors (Lipinski definition) is 5. The largest absolute Gasteiger partial charge is 0.324 e. The third-order valence-corrected chi connectivity index (χ3v) is 2.34. The van der Waals surface area contributed by atoms with Crippen LogP contribution in [0.15, 0.2) is 11.6 Å². The number of rotatable bonds is 3. The first-order valence-corrected chi connectivity index (χ1v) is 4.75. The van der Waals surface area contributed by atoms with Crippen LogP contribution in [0.5, 0.6) is 0 Å². The van der Waals surface area contributed by atoms with Crippen LogP contribution in [0.4, 0.5) is 0 Å². The van der Waals surface area contributed by atoms with Gasteiger partial charge in [-0.25, -0.2) is 9.97 Å². The summed E-state index contributed by atoms with van der Waals surface area (Å²) in [5.41, 5.74) is 5.38. The van der Waals surface area contributed by atoms with Gasteiger partial charge in [0.15, 0.2) is 5.82 Å². The lowest BCUT2D eigenvalue weighted by Gasteiger charge is -1.88. The zero-order chi connectivity index (χ0) is 9.10. The van der Waals surface area contributed by atoms with E-state index in [0.717, 1.165) is 10.8 Å². The van der Waals surface area contributed by atoms with E-state index in [4.69, 9.17) is 5.73 Å². The highest BCUT2D eigenvalue weighted by atomic mass is 32.1. The standard InChI is InChI=1S/C7H9N5S/c8-4-6-10-5(11-12-6)3-7-9-1-2-13-7/h1-2H,3-4,8H2,(H,10,11,12). The minimum Gasteiger partial charge on any atom is -0.324 e. The first-order chi connectivity index (χ1) is 6.38. The Hall–Kier alpha value is -1.27. The molecule has 0 bridgehead atoms. The van der Waals surface area contributed by atoms with Gasteiger partial charge in [0.05, 0.1) is 13.0 Å². The van der Waals surface area contributed by atoms with E-state index in [1.807, 2.05) is 5.38 Å². The molecule has 0 aliphatic rings. The summed E-state index contributed by atoms with van der Waals surface area (Å²) in [6, 6.07) is 0. The average molecular weight is 195 g/mol. The molecule has 13 heavy (non-hydrogen) atoms. The van der Waals surface area contributed by atoms with E-state index in [1.165, 1.54) is 0 Å². The third-order valence-electron chi connectivity index (χ3n) is 1.56. The Morgan fingerprint density at radius 2 is 2.46 bits per heavy atom. The smallest absolute Gasteiger partial charge is 0.164 e. The maximum Gasteiger partial charge on any atom is 0.164 e. The highest BCUT2D eigenvalue weighted by molar-refractivity contribution is 7.09. The zero-order valence-corrected chi connectivity index (χ0v) is 7.71. The van der Waals surface area contributed by atoms with E-state index >= 15 is 0 Å². The van der Waals surface area contributed by atoms with Gasteiger partial charge in [-0.2, -0.15) is 5.10 Å². The molecule has 2 aromatic rings. The SMILES string of the molecule is NCc1n[nH]c(Cc2nccs2)n1. The summed E-state index contributed by atoms with van der Waals surface area (Å²) < 4.78 is 0. The molecule has 0 fully saturated rings. The van der Waals surface area contributed by atoms with Gasteiger partial charge in [0, 0.05) is 11.6 Å². The van der Waals surface area contributed by atoms with E-state index in [0.29, 0.717) is 18.8 Å². The second-order valence-corrected chi connectivity index (χ2v) is 3.48. The minimum absolute atomic E-state index is 0.369. The van der Waals surface area contributed by atoms with E-state index in [2.05, 4.69) is 20.2 Å². The van der Waals surface area contributed by atoms with Gasteiger partial charge in [-0.15, -0.1) is 11.3 Å². The Labute approximate surface area is 79.0 Å². The molecule has 0 unspecified atom stereocenters. The van der Waals surface area contributed by atoms with Crippen LogP contribution in [-0.4, -0.2) is 20.2 Å². The summed E-state index contributed by atoms with van der Waals surface area (Å²) in [6.07, 6.45) is 2.48. The number of nitrogens with one attached hydrogen (secondary N) is 1. The highest BCUT2D eigenvalue weighted by Crippen LogP contribution is 2.08. The van der Waals surface area contributed by atoms with Crippen molar-refractivity contribution < 1.29 is 0 Å². The minimum atomic E-state index is 0.369. The molecular weight excluding hydrogens is 186 g/mol. The van der Waals surface area contributed by atoms with Crippen molar-refractivity contribution in [3.05, 3.63) is 28.2 Å². The summed E-state index contributed by atoms with van der Waals surface area (Å²) in [5.74, 6) is 1.46. The summed E-state index contributed by atoms with van der Waals surface area (Å²) >= 11 is 1.60. The van der Waals surface area contributed by atoms with E-state index in [9.17, 15) is 0 Å². The molecular formula is C7H9N5S. The molecule has 6 heteroatoms. The van der Waals surface area contributed by atoms with Crippen LogP contribution in [0.2, 0.25) is 0 Å². The molecule has 0 spiro atoms. The quantitative estimate of drug-likeness (QED) is 0.738. The van der Waals surface area contributed by atoms with Crippen LogP contribution in [0, 0.1) is 0 Å². The number of nitrogens with two attached hydrogens (primary N) is 1.